The van der Waals surface area contributed by atoms with Gasteiger partial charge >= 0.3 is 0 Å². The van der Waals surface area contributed by atoms with Gasteiger partial charge in [-0.1, -0.05) is 0 Å². The molecule has 3 aromatic heterocycles. The fourth-order valence-electron chi connectivity index (χ4n) is 4.20. The molecule has 14 heteroatoms. The van der Waals surface area contributed by atoms with Crippen LogP contribution in [0, 0.1) is 24.2 Å². The molecule has 1 saturated carbocycles. The average Bonchev–Trinajstić information content (AvgIpc) is 3.76. The Morgan fingerprint density at radius 1 is 1.21 bits per heavy atom. The van der Waals surface area contributed by atoms with Crippen LogP contribution >= 0.6 is 11.8 Å². The largest absolute Gasteiger partial charge is 0.494 e. The number of carbonyl (C=O) groups is 1. The predicted octanol–water partition coefficient (Wildman–Crippen LogP) is 3.89. The minimum Gasteiger partial charge on any atom is -0.494 e. The number of alkyl halides is 2. The Bertz CT molecular complexity index is 1690. The topological polar surface area (TPSA) is 175 Å². The molecule has 42 heavy (non-hydrogen) atoms. The Labute approximate surface area is 244 Å². The lowest BCUT2D eigenvalue weighted by molar-refractivity contribution is 0.100. The number of thioether (sulfide) groups is 1. The molecule has 0 saturated heterocycles. The molecule has 1 amide bonds. The highest BCUT2D eigenvalue weighted by Gasteiger charge is 2.42. The number of aromatic nitrogens is 3. The van der Waals surface area contributed by atoms with Gasteiger partial charge in [0.1, 0.15) is 17.3 Å². The number of allylic oxidation sites excluding steroid dienone is 2. The van der Waals surface area contributed by atoms with E-state index in [1.807, 2.05) is 0 Å². The van der Waals surface area contributed by atoms with Gasteiger partial charge in [0, 0.05) is 60.4 Å². The summed E-state index contributed by atoms with van der Waals surface area (Å²) in [7, 11) is 2.96. The maximum absolute atomic E-state index is 13.6. The van der Waals surface area contributed by atoms with Crippen LogP contribution in [0.3, 0.4) is 0 Å². The summed E-state index contributed by atoms with van der Waals surface area (Å²) < 4.78 is 33.8. The van der Waals surface area contributed by atoms with Crippen LogP contribution in [0.4, 0.5) is 8.78 Å². The minimum atomic E-state index is -2.89. The smallest absolute Gasteiger partial charge is 0.281 e. The van der Waals surface area contributed by atoms with Crippen LogP contribution in [-0.4, -0.2) is 51.0 Å². The molecular weight excluding hydrogens is 566 g/mol. The van der Waals surface area contributed by atoms with E-state index in [-0.39, 0.29) is 55.9 Å². The fourth-order valence-corrected chi connectivity index (χ4v) is 4.96. The van der Waals surface area contributed by atoms with E-state index in [2.05, 4.69) is 20.0 Å². The summed E-state index contributed by atoms with van der Waals surface area (Å²) in [5.41, 5.74) is 12.6. The van der Waals surface area contributed by atoms with E-state index in [0.29, 0.717) is 12.1 Å². The standard InChI is InChI=1S/C28H28F2N8O3S/c1-14-5-7-38(24(39)8-14)23-11-15(17-10-21(25(29)30)35-13-22(17)41-3)19(12-36-23)27(40)37-28(33)42-26(32)18-9-16(18)20(31)4-6-34-2/h4-8,10-13,16,18,25,32H,9,31H2,1-3H3,(H2,33,37,40)/t16-,18?/m0/s1. The molecule has 0 aliphatic heterocycles. The summed E-state index contributed by atoms with van der Waals surface area (Å²) in [4.78, 5) is 41.8. The second kappa shape index (κ2) is 12.9. The first kappa shape index (κ1) is 30.2. The van der Waals surface area contributed by atoms with Crippen LogP contribution in [0.2, 0.25) is 0 Å². The summed E-state index contributed by atoms with van der Waals surface area (Å²) >= 11 is 0.831. The van der Waals surface area contributed by atoms with Crippen molar-refractivity contribution in [3.63, 3.8) is 0 Å². The summed E-state index contributed by atoms with van der Waals surface area (Å²) in [6, 6.07) is 5.61. The molecule has 0 aromatic carbocycles. The van der Waals surface area contributed by atoms with Crippen LogP contribution in [-0.2, 0) is 0 Å². The van der Waals surface area contributed by atoms with Crippen molar-refractivity contribution in [2.75, 3.05) is 14.2 Å². The van der Waals surface area contributed by atoms with Crippen molar-refractivity contribution in [3.05, 3.63) is 81.8 Å². The van der Waals surface area contributed by atoms with Gasteiger partial charge in [0.25, 0.3) is 17.9 Å². The van der Waals surface area contributed by atoms with E-state index in [4.69, 9.17) is 21.6 Å². The Balaban J connectivity index is 1.71. The molecule has 3 heterocycles. The third kappa shape index (κ3) is 6.77. The zero-order valence-electron chi connectivity index (χ0n) is 22.9. The van der Waals surface area contributed by atoms with Crippen molar-refractivity contribution in [1.82, 2.24) is 14.5 Å². The maximum atomic E-state index is 13.6. The Morgan fingerprint density at radius 3 is 2.64 bits per heavy atom. The number of nitrogens with two attached hydrogens (primary N) is 2. The number of methoxy groups -OCH3 is 1. The second-order valence-corrected chi connectivity index (χ2v) is 10.4. The molecule has 2 atom stereocenters. The molecule has 1 fully saturated rings. The van der Waals surface area contributed by atoms with Crippen molar-refractivity contribution in [3.8, 4) is 22.7 Å². The van der Waals surface area contributed by atoms with Crippen molar-refractivity contribution in [2.45, 2.75) is 19.8 Å². The highest BCUT2D eigenvalue weighted by atomic mass is 32.2. The lowest BCUT2D eigenvalue weighted by Gasteiger charge is -2.15. The highest BCUT2D eigenvalue weighted by Crippen LogP contribution is 2.45. The van der Waals surface area contributed by atoms with Crippen molar-refractivity contribution in [2.24, 2.45) is 33.3 Å². The van der Waals surface area contributed by atoms with Crippen molar-refractivity contribution in [1.29, 1.82) is 5.41 Å². The first-order chi connectivity index (χ1) is 20.0. The number of amides is 1. The quantitative estimate of drug-likeness (QED) is 0.260. The monoisotopic (exact) mass is 594 g/mol. The maximum Gasteiger partial charge on any atom is 0.281 e. The van der Waals surface area contributed by atoms with Gasteiger partial charge in [-0.25, -0.2) is 13.8 Å². The summed E-state index contributed by atoms with van der Waals surface area (Å²) in [6.07, 6.45) is 4.84. The van der Waals surface area contributed by atoms with E-state index in [0.717, 1.165) is 29.6 Å². The van der Waals surface area contributed by atoms with Crippen molar-refractivity contribution >= 4 is 34.1 Å². The fraction of sp³-hybridized carbons (Fsp3) is 0.250. The van der Waals surface area contributed by atoms with Crippen LogP contribution in [0.1, 0.15) is 34.5 Å². The number of nitrogens with one attached hydrogen (secondary N) is 1. The number of hydrogen-bond donors (Lipinski definition) is 3. The number of aliphatic imine (C=N–C) groups is 2. The highest BCUT2D eigenvalue weighted by molar-refractivity contribution is 8.26. The van der Waals surface area contributed by atoms with E-state index in [1.165, 1.54) is 36.2 Å². The first-order valence-electron chi connectivity index (χ1n) is 12.6. The lowest BCUT2D eigenvalue weighted by atomic mass is 10.00. The van der Waals surface area contributed by atoms with Crippen LogP contribution in [0.5, 0.6) is 5.75 Å². The number of rotatable bonds is 8. The van der Waals surface area contributed by atoms with Crippen LogP contribution in [0.25, 0.3) is 16.9 Å². The number of amidine groups is 1. The molecule has 1 aliphatic carbocycles. The molecule has 0 radical (unpaired) electrons. The van der Waals surface area contributed by atoms with Crippen LogP contribution in [0.15, 0.2) is 69.4 Å². The number of aryl methyl sites for hydroxylation is 1. The summed E-state index contributed by atoms with van der Waals surface area (Å²) in [5.74, 6) is -0.771. The zero-order chi connectivity index (χ0) is 30.6. The molecule has 3 aromatic rings. The SMILES string of the molecule is CN=CC=C(N)[C@H]1CC1C(=N)SC(N)=NC(=O)c1cnc(-n2ccc(C)cc2=O)cc1-c1cc(C(F)F)ncc1OC. The van der Waals surface area contributed by atoms with E-state index >= 15 is 0 Å². The minimum absolute atomic E-state index is 0.0248. The number of carbonyl (C=O) groups excluding carboxylic acids is 1. The predicted molar refractivity (Wildman–Crippen MR) is 159 cm³/mol. The summed E-state index contributed by atoms with van der Waals surface area (Å²) in [6.45, 7) is 1.76. The normalized spacial score (nSPS) is 17.1. The van der Waals surface area contributed by atoms with Crippen LogP contribution < -0.4 is 21.8 Å². The molecule has 218 valence electrons. The van der Waals surface area contributed by atoms with E-state index in [1.54, 1.807) is 32.3 Å². The lowest BCUT2D eigenvalue weighted by Crippen LogP contribution is -2.19. The number of ether oxygens (including phenoxy) is 1. The van der Waals surface area contributed by atoms with E-state index < -0.39 is 18.0 Å². The van der Waals surface area contributed by atoms with Gasteiger partial charge in [0.05, 0.1) is 23.9 Å². The third-order valence-electron chi connectivity index (χ3n) is 6.46. The van der Waals surface area contributed by atoms with Gasteiger partial charge in [-0.3, -0.25) is 29.5 Å². The van der Waals surface area contributed by atoms with E-state index in [9.17, 15) is 18.4 Å². The summed E-state index contributed by atoms with van der Waals surface area (Å²) in [5, 5.41) is 8.38. The molecule has 5 N–H and O–H groups in total. The van der Waals surface area contributed by atoms with Crippen molar-refractivity contribution < 1.29 is 18.3 Å². The van der Waals surface area contributed by atoms with Gasteiger partial charge in [0.15, 0.2) is 5.17 Å². The number of hydrogen-bond acceptors (Lipinski definition) is 9. The average molecular weight is 595 g/mol. The zero-order valence-corrected chi connectivity index (χ0v) is 23.7. The molecule has 0 spiro atoms. The number of nitrogens with zero attached hydrogens (tertiary/aromatic N) is 5. The third-order valence-corrected chi connectivity index (χ3v) is 7.28. The van der Waals surface area contributed by atoms with Gasteiger partial charge in [-0.2, -0.15) is 4.99 Å². The molecule has 1 unspecified atom stereocenters. The number of pyridine rings is 3. The van der Waals surface area contributed by atoms with Gasteiger partial charge in [-0.15, -0.1) is 0 Å². The van der Waals surface area contributed by atoms with Gasteiger partial charge < -0.3 is 16.2 Å². The Morgan fingerprint density at radius 2 is 1.98 bits per heavy atom. The van der Waals surface area contributed by atoms with Gasteiger partial charge in [0.2, 0.25) is 0 Å². The first-order valence-corrected chi connectivity index (χ1v) is 13.4. The Hall–Kier alpha value is -4.72. The molecule has 1 aliphatic rings. The van der Waals surface area contributed by atoms with Gasteiger partial charge in [-0.05, 0) is 54.9 Å². The molecular formula is C28H28F2N8O3S. The molecule has 11 nitrogen and oxygen atoms in total. The Kier molecular flexibility index (Phi) is 9.25. The molecule has 4 rings (SSSR count). The second-order valence-electron chi connectivity index (χ2n) is 9.35. The number of halogens is 2. The molecule has 0 bridgehead atoms.